The molecule has 19 heteroatoms. The summed E-state index contributed by atoms with van der Waals surface area (Å²) in [6, 6.07) is -1.74. The Bertz CT molecular complexity index is 1270. The Kier molecular flexibility index (Phi) is 15.3. The third-order valence-electron chi connectivity index (χ3n) is 6.62. The molecule has 0 saturated carbocycles. The van der Waals surface area contributed by atoms with Crippen LogP contribution in [-0.4, -0.2) is 91.6 Å². The number of hydrogen-bond donors (Lipinski definition) is 2. The van der Waals surface area contributed by atoms with Gasteiger partial charge in [-0.2, -0.15) is 11.3 Å². The van der Waals surface area contributed by atoms with Crippen LogP contribution in [0.15, 0.2) is 28.7 Å². The van der Waals surface area contributed by atoms with Crippen molar-refractivity contribution in [1.29, 1.82) is 0 Å². The number of β-lactam (4-membered cyclic amide) rings is 2. The van der Waals surface area contributed by atoms with Crippen molar-refractivity contribution in [3.8, 4) is 0 Å². The predicted octanol–water partition coefficient (Wildman–Crippen LogP) is -13.5. The number of aliphatic hydroxyl groups is 1. The van der Waals surface area contributed by atoms with Crippen molar-refractivity contribution in [2.75, 3.05) is 6.61 Å². The summed E-state index contributed by atoms with van der Waals surface area (Å²) in [7, 11) is 0. The van der Waals surface area contributed by atoms with E-state index >= 15 is 0 Å². The fourth-order valence-corrected chi connectivity index (χ4v) is 7.15. The van der Waals surface area contributed by atoms with Crippen LogP contribution in [0.4, 0.5) is 0 Å². The van der Waals surface area contributed by atoms with Crippen LogP contribution in [0.2, 0.25) is 0 Å². The minimum Gasteiger partial charge on any atom is -0.549 e. The zero-order valence-electron chi connectivity index (χ0n) is 23.4. The van der Waals surface area contributed by atoms with Crippen LogP contribution < -0.4 is 131 Å². The summed E-state index contributed by atoms with van der Waals surface area (Å²) in [5.41, 5.74) is 0.276. The van der Waals surface area contributed by atoms with Crippen molar-refractivity contribution in [1.82, 2.24) is 15.1 Å². The first-order valence-electron chi connectivity index (χ1n) is 11.5. The Labute approximate surface area is 335 Å². The van der Waals surface area contributed by atoms with Crippen molar-refractivity contribution in [3.05, 3.63) is 34.2 Å². The molecule has 6 atom stereocenters. The number of aliphatic carboxylic acids is 3. The minimum atomic E-state index is -1.56. The van der Waals surface area contributed by atoms with Crippen LogP contribution in [0.25, 0.3) is 0 Å². The van der Waals surface area contributed by atoms with E-state index in [2.05, 4.69) is 5.32 Å². The van der Waals surface area contributed by atoms with Crippen molar-refractivity contribution in [2.24, 2.45) is 0 Å². The molecule has 5 rings (SSSR count). The van der Waals surface area contributed by atoms with E-state index in [1.807, 2.05) is 0 Å². The molecule has 4 aliphatic rings. The first-order valence-corrected chi connectivity index (χ1v) is 13.4. The maximum Gasteiger partial charge on any atom is 1.00 e. The number of carbonyl (C=O) groups excluding carboxylic acids is 6. The molecule has 2 N–H and O–H groups in total. The Morgan fingerprint density at radius 2 is 1.81 bits per heavy atom. The van der Waals surface area contributed by atoms with E-state index < -0.39 is 70.1 Å². The maximum atomic E-state index is 12.4. The average molecular weight is 666 g/mol. The van der Waals surface area contributed by atoms with Crippen LogP contribution in [0.5, 0.6) is 0 Å². The number of thioether (sulfide) groups is 1. The van der Waals surface area contributed by atoms with Gasteiger partial charge in [0.05, 0.1) is 37.0 Å². The molecule has 1 aromatic rings. The van der Waals surface area contributed by atoms with Gasteiger partial charge in [-0.3, -0.25) is 19.3 Å². The molecule has 4 saturated heterocycles. The smallest absolute Gasteiger partial charge is 0.549 e. The fourth-order valence-electron chi connectivity index (χ4n) is 4.84. The summed E-state index contributed by atoms with van der Waals surface area (Å²) in [6.45, 7) is 3.03. The van der Waals surface area contributed by atoms with Gasteiger partial charge in [-0.15, -0.1) is 11.8 Å². The summed E-state index contributed by atoms with van der Waals surface area (Å²) in [5, 5.41) is 47.0. The van der Waals surface area contributed by atoms with Gasteiger partial charge >= 0.3 is 110 Å². The van der Waals surface area contributed by atoms with Gasteiger partial charge in [-0.1, -0.05) is 0 Å². The second-order valence-electron chi connectivity index (χ2n) is 9.46. The number of rotatable bonds is 7. The number of carboxylic acid groups (broad SMARTS) is 3. The number of aliphatic hydroxyl groups excluding tert-OH is 1. The third kappa shape index (κ3) is 7.68. The first kappa shape index (κ1) is 40.0. The van der Waals surface area contributed by atoms with E-state index in [4.69, 9.17) is 9.84 Å². The van der Waals surface area contributed by atoms with Crippen LogP contribution in [-0.2, 0) is 33.5 Å². The van der Waals surface area contributed by atoms with Crippen molar-refractivity contribution in [3.63, 3.8) is 0 Å². The van der Waals surface area contributed by atoms with Gasteiger partial charge in [-0.05, 0) is 42.3 Å². The normalized spacial score (nSPS) is 27.5. The summed E-state index contributed by atoms with van der Waals surface area (Å²) >= 11 is 2.47. The molecule has 0 aromatic carbocycles. The number of nitrogens with one attached hydrogen (secondary N) is 1. The molecule has 0 radical (unpaired) electrons. The zero-order valence-corrected chi connectivity index (χ0v) is 32.2. The molecule has 5 heterocycles. The van der Waals surface area contributed by atoms with Crippen LogP contribution in [0.1, 0.15) is 31.7 Å². The fraction of sp³-hybridized carbons (Fsp3) is 0.478. The average Bonchev–Trinajstić information content (AvgIpc) is 3.52. The molecule has 0 spiro atoms. The molecular weight excluding hydrogens is 643 g/mol. The summed E-state index contributed by atoms with van der Waals surface area (Å²) in [6.07, 6.45) is 0.918. The van der Waals surface area contributed by atoms with Crippen LogP contribution in [0.3, 0.4) is 0 Å². The number of carbonyl (C=O) groups is 6. The number of carboxylic acids is 3. The van der Waals surface area contributed by atoms with Gasteiger partial charge in [0.25, 0.3) is 0 Å². The first-order chi connectivity index (χ1) is 18.3. The largest absolute Gasteiger partial charge is 1.00 e. The number of hydrogen-bond acceptors (Lipinski definition) is 13. The molecule has 4 unspecified atom stereocenters. The van der Waals surface area contributed by atoms with E-state index in [0.29, 0.717) is 0 Å². The van der Waals surface area contributed by atoms with E-state index in [0.717, 1.165) is 4.90 Å². The Morgan fingerprint density at radius 1 is 1.17 bits per heavy atom. The van der Waals surface area contributed by atoms with E-state index in [9.17, 15) is 44.1 Å². The molecule has 0 aliphatic carbocycles. The summed E-state index contributed by atoms with van der Waals surface area (Å²) < 4.78 is 4.35. The zero-order chi connectivity index (χ0) is 28.8. The Balaban J connectivity index is 0.000000446. The van der Waals surface area contributed by atoms with Gasteiger partial charge in [0.1, 0.15) is 29.1 Å². The summed E-state index contributed by atoms with van der Waals surface area (Å²) in [5.74, 6) is -7.44. The number of nitrogens with zero attached hydrogens (tertiary/aromatic N) is 2. The number of amides is 3. The van der Waals surface area contributed by atoms with Crippen LogP contribution >= 0.6 is 23.1 Å². The third-order valence-corrected chi connectivity index (χ3v) is 8.89. The molecule has 42 heavy (non-hydrogen) atoms. The Morgan fingerprint density at radius 3 is 2.29 bits per heavy atom. The number of ether oxygens (including phenoxy) is 1. The molecule has 1 aromatic heterocycles. The monoisotopic (exact) mass is 665 g/mol. The van der Waals surface area contributed by atoms with Crippen LogP contribution in [0, 0.1) is 0 Å². The van der Waals surface area contributed by atoms with E-state index in [1.165, 1.54) is 45.5 Å². The van der Waals surface area contributed by atoms with E-state index in [1.54, 1.807) is 19.2 Å². The molecule has 210 valence electrons. The molecule has 4 aliphatic heterocycles. The van der Waals surface area contributed by atoms with Gasteiger partial charge in [0.15, 0.2) is 6.23 Å². The molecular formula is C23H22KN3Na2O11S2. The van der Waals surface area contributed by atoms with Crippen molar-refractivity contribution >= 4 is 58.7 Å². The molecule has 0 bridgehead atoms. The van der Waals surface area contributed by atoms with Crippen molar-refractivity contribution in [2.45, 2.75) is 60.7 Å². The second kappa shape index (κ2) is 16.0. The molecule has 14 nitrogen and oxygen atoms in total. The second-order valence-corrected chi connectivity index (χ2v) is 12.0. The molecule has 4 fully saturated rings. The summed E-state index contributed by atoms with van der Waals surface area (Å²) in [4.78, 5) is 71.4. The van der Waals surface area contributed by atoms with Crippen molar-refractivity contribution < 1.29 is 164 Å². The predicted molar refractivity (Wildman–Crippen MR) is 125 cm³/mol. The standard InChI is InChI=1S/C15H16N2O6S2.C8H9NO5.K.2Na/c1-15(2)9(14(22)23)17-11(19)8(12(17)25-15)16-10(18)7(13(20)21)6-3-4-24-5-6;10-2-1-4-7(8(12)13)9-5(11)3-6(9)14-4;;;/h3-5,7-9,12H,1-2H3,(H,16,18)(H,20,21)(H,22,23);1,6-7,10H,2-3H2,(H,12,13);;;/q;;3*+1/p-3/b;4-1-;;;/t;6-,7-;;;/m.1.../s1. The Hall–Kier alpha value is 0.00636. The van der Waals surface area contributed by atoms with Gasteiger partial charge < -0.3 is 49.8 Å². The van der Waals surface area contributed by atoms with Gasteiger partial charge in [0.2, 0.25) is 17.7 Å². The number of fused-ring (bicyclic) bond motifs is 2. The SMILES string of the molecule is CC1(C)SC2C(NC(=O)C(C(=O)[O-])c3ccsc3)C(=O)N2C1C(=O)[O-].O=C([O-])[C@H]1/C(=C/CO)O[C@@H]2CC(=O)N21.[K+].[Na+].[Na+]. The van der Waals surface area contributed by atoms with Gasteiger partial charge in [-0.25, -0.2) is 0 Å². The minimum absolute atomic E-state index is 0. The molecule has 3 amide bonds. The quantitative estimate of drug-likeness (QED) is 0.158. The topological polar surface area (TPSA) is 220 Å². The van der Waals surface area contributed by atoms with Gasteiger partial charge in [0, 0.05) is 4.75 Å². The maximum absolute atomic E-state index is 12.4. The number of thiophene rings is 1. The van der Waals surface area contributed by atoms with E-state index in [-0.39, 0.29) is 141 Å².